The molecule has 0 aliphatic rings. The third kappa shape index (κ3) is 4.78. The number of halogens is 1. The van der Waals surface area contributed by atoms with Crippen LogP contribution in [0.25, 0.3) is 0 Å². The van der Waals surface area contributed by atoms with Gasteiger partial charge in [0.25, 0.3) is 10.0 Å². The molecule has 0 radical (unpaired) electrons. The zero-order chi connectivity index (χ0) is 18.4. The highest BCUT2D eigenvalue weighted by molar-refractivity contribution is 7.92. The molecule has 0 atom stereocenters. The fourth-order valence-corrected chi connectivity index (χ4v) is 3.56. The van der Waals surface area contributed by atoms with E-state index in [1.165, 1.54) is 19.2 Å². The summed E-state index contributed by atoms with van der Waals surface area (Å²) in [6, 6.07) is 9.48. The van der Waals surface area contributed by atoms with Crippen LogP contribution in [0.1, 0.15) is 5.56 Å². The van der Waals surface area contributed by atoms with E-state index in [0.29, 0.717) is 22.9 Å². The SMILES string of the molecule is COCCOc1c(Cl)cccc1NS(=O)(=O)c1ccc(OC)c(C)c1. The molecule has 0 aliphatic heterocycles. The lowest BCUT2D eigenvalue weighted by Crippen LogP contribution is -2.15. The lowest BCUT2D eigenvalue weighted by Gasteiger charge is -2.15. The van der Waals surface area contributed by atoms with E-state index in [1.54, 1.807) is 38.3 Å². The second-order valence-corrected chi connectivity index (χ2v) is 7.28. The van der Waals surface area contributed by atoms with Crippen LogP contribution in [-0.2, 0) is 14.8 Å². The molecule has 0 aromatic heterocycles. The van der Waals surface area contributed by atoms with Crippen molar-refractivity contribution in [3.05, 3.63) is 47.0 Å². The Morgan fingerprint density at radius 2 is 1.88 bits per heavy atom. The van der Waals surface area contributed by atoms with Gasteiger partial charge in [-0.15, -0.1) is 0 Å². The summed E-state index contributed by atoms with van der Waals surface area (Å²) in [7, 11) is -0.727. The number of sulfonamides is 1. The summed E-state index contributed by atoms with van der Waals surface area (Å²) in [6.07, 6.45) is 0. The molecule has 0 amide bonds. The second kappa shape index (κ2) is 8.42. The normalized spacial score (nSPS) is 11.2. The number of hydrogen-bond acceptors (Lipinski definition) is 5. The molecule has 25 heavy (non-hydrogen) atoms. The van der Waals surface area contributed by atoms with E-state index in [-0.39, 0.29) is 22.9 Å². The summed E-state index contributed by atoms with van der Waals surface area (Å²) >= 11 is 6.13. The minimum absolute atomic E-state index is 0.119. The number of ether oxygens (including phenoxy) is 3. The van der Waals surface area contributed by atoms with E-state index in [4.69, 9.17) is 25.8 Å². The van der Waals surface area contributed by atoms with Crippen molar-refractivity contribution in [2.75, 3.05) is 32.2 Å². The molecule has 0 saturated carbocycles. The van der Waals surface area contributed by atoms with Crippen molar-refractivity contribution in [1.82, 2.24) is 0 Å². The molecule has 8 heteroatoms. The maximum absolute atomic E-state index is 12.7. The van der Waals surface area contributed by atoms with Gasteiger partial charge in [-0.3, -0.25) is 4.72 Å². The Morgan fingerprint density at radius 1 is 1.12 bits per heavy atom. The van der Waals surface area contributed by atoms with E-state index < -0.39 is 10.0 Å². The van der Waals surface area contributed by atoms with Crippen LogP contribution in [0.5, 0.6) is 11.5 Å². The monoisotopic (exact) mass is 385 g/mol. The first-order valence-electron chi connectivity index (χ1n) is 7.46. The minimum atomic E-state index is -3.81. The number of para-hydroxylation sites is 1. The number of benzene rings is 2. The summed E-state index contributed by atoms with van der Waals surface area (Å²) < 4.78 is 43.5. The van der Waals surface area contributed by atoms with Crippen LogP contribution in [0.15, 0.2) is 41.3 Å². The van der Waals surface area contributed by atoms with Gasteiger partial charge < -0.3 is 14.2 Å². The Balaban J connectivity index is 2.31. The van der Waals surface area contributed by atoms with Crippen LogP contribution >= 0.6 is 11.6 Å². The van der Waals surface area contributed by atoms with Crippen LogP contribution < -0.4 is 14.2 Å². The summed E-state index contributed by atoms with van der Waals surface area (Å²) in [4.78, 5) is 0.119. The lowest BCUT2D eigenvalue weighted by atomic mass is 10.2. The predicted molar refractivity (Wildman–Crippen MR) is 97.4 cm³/mol. The summed E-state index contributed by atoms with van der Waals surface area (Å²) in [6.45, 7) is 2.38. The highest BCUT2D eigenvalue weighted by Gasteiger charge is 2.19. The number of rotatable bonds is 8. The first kappa shape index (κ1) is 19.4. The van der Waals surface area contributed by atoms with Gasteiger partial charge >= 0.3 is 0 Å². The molecular formula is C17H20ClNO5S. The van der Waals surface area contributed by atoms with E-state index >= 15 is 0 Å². The smallest absolute Gasteiger partial charge is 0.262 e. The van der Waals surface area contributed by atoms with Gasteiger partial charge in [0.05, 0.1) is 29.3 Å². The van der Waals surface area contributed by atoms with Crippen molar-refractivity contribution in [2.24, 2.45) is 0 Å². The second-order valence-electron chi connectivity index (χ2n) is 5.19. The standard InChI is InChI=1S/C17H20ClNO5S/c1-12-11-13(7-8-16(12)23-3)25(20,21)19-15-6-4-5-14(18)17(15)24-10-9-22-2/h4-8,11,19H,9-10H2,1-3H3. The average Bonchev–Trinajstić information content (AvgIpc) is 2.57. The van der Waals surface area contributed by atoms with E-state index in [9.17, 15) is 8.42 Å². The Labute approximate surface area is 152 Å². The molecule has 2 aromatic rings. The summed E-state index contributed by atoms with van der Waals surface area (Å²) in [5.41, 5.74) is 0.977. The van der Waals surface area contributed by atoms with Crippen molar-refractivity contribution < 1.29 is 22.6 Å². The first-order valence-corrected chi connectivity index (χ1v) is 9.33. The minimum Gasteiger partial charge on any atom is -0.496 e. The largest absolute Gasteiger partial charge is 0.496 e. The average molecular weight is 386 g/mol. The van der Waals surface area contributed by atoms with Gasteiger partial charge in [0.1, 0.15) is 12.4 Å². The molecule has 0 saturated heterocycles. The van der Waals surface area contributed by atoms with Crippen molar-refractivity contribution >= 4 is 27.3 Å². The molecule has 0 aliphatic carbocycles. The molecule has 0 unspecified atom stereocenters. The maximum Gasteiger partial charge on any atom is 0.262 e. The zero-order valence-electron chi connectivity index (χ0n) is 14.2. The Hall–Kier alpha value is -1.96. The van der Waals surface area contributed by atoms with Gasteiger partial charge in [0.2, 0.25) is 0 Å². The zero-order valence-corrected chi connectivity index (χ0v) is 15.8. The molecule has 2 rings (SSSR count). The van der Waals surface area contributed by atoms with E-state index in [1.807, 2.05) is 0 Å². The Bertz CT molecular complexity index is 839. The van der Waals surface area contributed by atoms with Gasteiger partial charge in [0, 0.05) is 7.11 Å². The van der Waals surface area contributed by atoms with Crippen LogP contribution in [0.3, 0.4) is 0 Å². The van der Waals surface area contributed by atoms with Gasteiger partial charge in [0.15, 0.2) is 5.75 Å². The van der Waals surface area contributed by atoms with Crippen molar-refractivity contribution in [2.45, 2.75) is 11.8 Å². The molecule has 0 bridgehead atoms. The lowest BCUT2D eigenvalue weighted by molar-refractivity contribution is 0.147. The Kier molecular flexibility index (Phi) is 6.52. The number of nitrogens with one attached hydrogen (secondary N) is 1. The molecule has 0 heterocycles. The molecule has 0 spiro atoms. The molecule has 2 aromatic carbocycles. The fraction of sp³-hybridized carbons (Fsp3) is 0.294. The quantitative estimate of drug-likeness (QED) is 0.704. The predicted octanol–water partition coefficient (Wildman–Crippen LogP) is 3.48. The third-order valence-electron chi connectivity index (χ3n) is 3.42. The number of aryl methyl sites for hydroxylation is 1. The molecule has 1 N–H and O–H groups in total. The Morgan fingerprint density at radius 3 is 2.52 bits per heavy atom. The first-order chi connectivity index (χ1) is 11.9. The van der Waals surface area contributed by atoms with Gasteiger partial charge in [-0.05, 0) is 42.8 Å². The van der Waals surface area contributed by atoms with Crippen molar-refractivity contribution in [3.8, 4) is 11.5 Å². The van der Waals surface area contributed by atoms with E-state index in [0.717, 1.165) is 0 Å². The number of anilines is 1. The van der Waals surface area contributed by atoms with Gasteiger partial charge in [-0.1, -0.05) is 17.7 Å². The van der Waals surface area contributed by atoms with Crippen molar-refractivity contribution in [3.63, 3.8) is 0 Å². The molecule has 136 valence electrons. The van der Waals surface area contributed by atoms with E-state index in [2.05, 4.69) is 4.72 Å². The maximum atomic E-state index is 12.7. The number of methoxy groups -OCH3 is 2. The van der Waals surface area contributed by atoms with Crippen LogP contribution in [0.2, 0.25) is 5.02 Å². The molecule has 0 fully saturated rings. The van der Waals surface area contributed by atoms with Gasteiger partial charge in [-0.25, -0.2) is 8.42 Å². The third-order valence-corrected chi connectivity index (χ3v) is 5.08. The van der Waals surface area contributed by atoms with Crippen molar-refractivity contribution in [1.29, 1.82) is 0 Å². The van der Waals surface area contributed by atoms with Crippen LogP contribution in [0.4, 0.5) is 5.69 Å². The van der Waals surface area contributed by atoms with Gasteiger partial charge in [-0.2, -0.15) is 0 Å². The number of hydrogen-bond donors (Lipinski definition) is 1. The summed E-state index contributed by atoms with van der Waals surface area (Å²) in [5.74, 6) is 0.875. The highest BCUT2D eigenvalue weighted by atomic mass is 35.5. The topological polar surface area (TPSA) is 73.9 Å². The molecule has 6 nitrogen and oxygen atoms in total. The van der Waals surface area contributed by atoms with Crippen LogP contribution in [0, 0.1) is 6.92 Å². The molecular weight excluding hydrogens is 366 g/mol. The fourth-order valence-electron chi connectivity index (χ4n) is 2.18. The van der Waals surface area contributed by atoms with Crippen LogP contribution in [-0.4, -0.2) is 35.9 Å². The summed E-state index contributed by atoms with van der Waals surface area (Å²) in [5, 5.41) is 0.308. The highest BCUT2D eigenvalue weighted by Crippen LogP contribution is 2.34.